The number of carbonyl (C=O) groups excluding carboxylic acids is 4. The van der Waals surface area contributed by atoms with E-state index in [9.17, 15) is 37.5 Å². The number of β-amino-alcohol motifs (C(OH)–C–C–N with tert-alkyl or cyclic N) is 1. The smallest absolute Gasteiger partial charge is 0.391 e. The van der Waals surface area contributed by atoms with Gasteiger partial charge in [-0.15, -0.1) is 22.7 Å². The second-order valence-corrected chi connectivity index (χ2v) is 22.0. The molecule has 0 unspecified atom stereocenters. The van der Waals surface area contributed by atoms with Crippen molar-refractivity contribution in [3.05, 3.63) is 117 Å². The zero-order valence-electron chi connectivity index (χ0n) is 42.9. The summed E-state index contributed by atoms with van der Waals surface area (Å²) in [6.07, 6.45) is -4.31. The number of carbonyl (C=O) groups is 4. The molecule has 0 saturated carbocycles. The van der Waals surface area contributed by atoms with Gasteiger partial charge in [0.25, 0.3) is 5.91 Å². The Hall–Kier alpha value is -6.43. The number of hydrogen-bond acceptors (Lipinski definition) is 15. The number of aliphatic hydroxyl groups excluding tert-OH is 1. The Kier molecular flexibility index (Phi) is 17.8. The fraction of sp³-hybridized carbons (Fsp3) is 0.444. The number of halogens is 3. The highest BCUT2D eigenvalue weighted by atomic mass is 32.1. The largest absolute Gasteiger partial charge is 0.471 e. The van der Waals surface area contributed by atoms with Gasteiger partial charge in [0.1, 0.15) is 23.7 Å². The summed E-state index contributed by atoms with van der Waals surface area (Å²) in [5, 5.41) is 25.9. The van der Waals surface area contributed by atoms with E-state index in [0.29, 0.717) is 39.1 Å². The third kappa shape index (κ3) is 13.8. The van der Waals surface area contributed by atoms with Crippen LogP contribution >= 0.6 is 22.7 Å². The van der Waals surface area contributed by atoms with E-state index in [1.807, 2.05) is 94.6 Å². The van der Waals surface area contributed by atoms with Crippen LogP contribution in [0.25, 0.3) is 33.1 Å². The van der Waals surface area contributed by atoms with Crippen molar-refractivity contribution in [1.82, 2.24) is 45.9 Å². The lowest BCUT2D eigenvalue weighted by Gasteiger charge is -2.40. The van der Waals surface area contributed by atoms with E-state index in [1.54, 1.807) is 29.0 Å². The van der Waals surface area contributed by atoms with E-state index in [0.717, 1.165) is 38.0 Å². The van der Waals surface area contributed by atoms with Crippen LogP contribution in [0, 0.1) is 12.3 Å². The first kappa shape index (κ1) is 55.8. The highest BCUT2D eigenvalue weighted by Gasteiger charge is 2.45. The Bertz CT molecular complexity index is 2940. The zero-order valence-corrected chi connectivity index (χ0v) is 44.5. The monoisotopic (exact) mass is 1090 g/mol. The van der Waals surface area contributed by atoms with Crippen molar-refractivity contribution in [2.24, 2.45) is 5.41 Å². The number of hydrogen-bond donors (Lipinski definition) is 4. The molecule has 0 aliphatic carbocycles. The summed E-state index contributed by atoms with van der Waals surface area (Å²) in [6, 6.07) is 21.4. The van der Waals surface area contributed by atoms with Gasteiger partial charge in [-0.1, -0.05) is 92.7 Å². The van der Waals surface area contributed by atoms with Gasteiger partial charge in [-0.25, -0.2) is 9.97 Å². The second kappa shape index (κ2) is 24.3. The molecule has 8 rings (SSSR count). The molecule has 4 atom stereocenters. The Labute approximate surface area is 446 Å². The first-order valence-electron chi connectivity index (χ1n) is 25.1. The van der Waals surface area contributed by atoms with Gasteiger partial charge in [-0.05, 0) is 68.5 Å². The topological polar surface area (TPSA) is 214 Å². The number of aromatic nitrogens is 4. The van der Waals surface area contributed by atoms with Gasteiger partial charge in [-0.3, -0.25) is 19.2 Å². The fourth-order valence-corrected chi connectivity index (χ4v) is 11.2. The zero-order chi connectivity index (χ0) is 54.2. The summed E-state index contributed by atoms with van der Waals surface area (Å²) in [4.78, 5) is 72.3. The molecule has 2 aliphatic rings. The van der Waals surface area contributed by atoms with Gasteiger partial charge in [0.2, 0.25) is 23.5 Å². The Morgan fingerprint density at radius 1 is 0.895 bits per heavy atom. The minimum atomic E-state index is -4.80. The third-order valence-corrected chi connectivity index (χ3v) is 15.8. The van der Waals surface area contributed by atoms with E-state index < -0.39 is 64.7 Å². The number of alkyl halides is 3. The molecular weight excluding hydrogens is 1020 g/mol. The van der Waals surface area contributed by atoms with Gasteiger partial charge >= 0.3 is 12.1 Å². The van der Waals surface area contributed by atoms with E-state index in [2.05, 4.69) is 40.5 Å². The number of aryl methyl sites for hydroxylation is 1. The van der Waals surface area contributed by atoms with Crippen molar-refractivity contribution in [2.45, 2.75) is 89.7 Å². The highest BCUT2D eigenvalue weighted by Crippen LogP contribution is 2.39. The van der Waals surface area contributed by atoms with Crippen LogP contribution in [0.5, 0.6) is 0 Å². The predicted octanol–water partition coefficient (Wildman–Crippen LogP) is 7.48. The molecule has 3 aromatic heterocycles. The van der Waals surface area contributed by atoms with Crippen molar-refractivity contribution < 1.29 is 51.5 Å². The first-order valence-corrected chi connectivity index (χ1v) is 26.8. The third-order valence-electron chi connectivity index (χ3n) is 13.7. The van der Waals surface area contributed by atoms with E-state index in [1.165, 1.54) is 28.4 Å². The number of piperidine rings is 1. The van der Waals surface area contributed by atoms with Crippen molar-refractivity contribution in [3.8, 4) is 33.1 Å². The Morgan fingerprint density at radius 2 is 1.62 bits per heavy atom. The lowest BCUT2D eigenvalue weighted by atomic mass is 9.78. The van der Waals surface area contributed by atoms with Gasteiger partial charge < -0.3 is 44.9 Å². The van der Waals surface area contributed by atoms with Crippen molar-refractivity contribution in [2.75, 3.05) is 59.2 Å². The van der Waals surface area contributed by atoms with Crippen LogP contribution < -0.4 is 16.0 Å². The van der Waals surface area contributed by atoms with Crippen LogP contribution in [0.2, 0.25) is 0 Å². The van der Waals surface area contributed by atoms with Crippen LogP contribution in [0.4, 0.5) is 13.2 Å². The lowest BCUT2D eigenvalue weighted by Crippen LogP contribution is -2.58. The molecule has 0 bridgehead atoms. The predicted molar refractivity (Wildman–Crippen MR) is 280 cm³/mol. The molecule has 6 aromatic rings. The first-order chi connectivity index (χ1) is 36.3. The van der Waals surface area contributed by atoms with Gasteiger partial charge in [0.05, 0.1) is 53.7 Å². The highest BCUT2D eigenvalue weighted by molar-refractivity contribution is 7.13. The molecule has 2 fully saturated rings. The standard InChI is InChI=1S/C54H62F3N9O8S2/c1-33(35-14-16-37(17-15-35)44-34(2)59-32-76-44)60-48(70)42-27-40(67)28-66(42)49(71)45(52(3,4)5)62-43(68)29-73-25-24-72-23-22-65-20-18-53(19-21-65,51-61-41(30-75-51)36-10-7-6-8-11-36)31-58-47(69)39-13-9-12-38(26-39)46-63-50(74-64-46)54(55,56)57/h6-17,26,30,32-33,40,42,45,67H,18-25,27-29,31H2,1-5H3,(H,58,69)(H,60,70)(H,62,68)/t33-,40+,42-,45+/m0/s1. The van der Waals surface area contributed by atoms with Crippen LogP contribution in [-0.2, 0) is 35.4 Å². The molecule has 4 amide bonds. The average Bonchev–Trinajstić information content (AvgIpc) is 4.26. The number of benzene rings is 3. The summed E-state index contributed by atoms with van der Waals surface area (Å²) in [7, 11) is 0. The molecule has 4 N–H and O–H groups in total. The molecule has 76 heavy (non-hydrogen) atoms. The maximum absolute atomic E-state index is 14.2. The quantitative estimate of drug-likeness (QED) is 0.0547. The van der Waals surface area contributed by atoms with E-state index in [4.69, 9.17) is 14.5 Å². The van der Waals surface area contributed by atoms with Gasteiger partial charge in [-0.2, -0.15) is 18.2 Å². The van der Waals surface area contributed by atoms with Crippen molar-refractivity contribution >= 4 is 46.3 Å². The summed E-state index contributed by atoms with van der Waals surface area (Å²) in [5.41, 5.74) is 5.64. The number of likely N-dealkylation sites (tertiary alicyclic amines) is 2. The molecule has 0 spiro atoms. The number of nitrogens with one attached hydrogen (secondary N) is 3. The van der Waals surface area contributed by atoms with E-state index >= 15 is 0 Å². The van der Waals surface area contributed by atoms with Crippen LogP contribution in [0.15, 0.2) is 94.3 Å². The summed E-state index contributed by atoms with van der Waals surface area (Å²) in [6.45, 7) is 11.9. The van der Waals surface area contributed by atoms with Crippen molar-refractivity contribution in [3.63, 3.8) is 0 Å². The SMILES string of the molecule is Cc1ncsc1-c1ccc([C@H](C)NC(=O)[C@@H]2C[C@@H](O)CN2C(=O)[C@@H](NC(=O)COCCOCCN2CCC(CNC(=O)c3cccc(-c4noc(C(F)(F)F)n4)c3)(c3nc(-c4ccccc4)cs3)CC2)C(C)(C)C)cc1. The van der Waals surface area contributed by atoms with Crippen LogP contribution in [-0.4, -0.2) is 136 Å². The van der Waals surface area contributed by atoms with E-state index in [-0.39, 0.29) is 62.3 Å². The molecule has 404 valence electrons. The molecular formula is C54H62F3N9O8S2. The molecule has 17 nitrogen and oxygen atoms in total. The Morgan fingerprint density at radius 3 is 2.30 bits per heavy atom. The number of nitrogens with zero attached hydrogens (tertiary/aromatic N) is 6. The lowest BCUT2D eigenvalue weighted by molar-refractivity contribution is -0.159. The minimum absolute atomic E-state index is 0.0489. The molecule has 22 heteroatoms. The van der Waals surface area contributed by atoms with Crippen molar-refractivity contribution in [1.29, 1.82) is 0 Å². The minimum Gasteiger partial charge on any atom is -0.391 e. The molecule has 2 aliphatic heterocycles. The number of ether oxygens (including phenoxy) is 2. The number of rotatable bonds is 20. The summed E-state index contributed by atoms with van der Waals surface area (Å²) in [5.74, 6) is -3.55. The van der Waals surface area contributed by atoms with Crippen LogP contribution in [0.1, 0.15) is 85.5 Å². The molecule has 0 radical (unpaired) electrons. The van der Waals surface area contributed by atoms with Gasteiger partial charge in [0.15, 0.2) is 0 Å². The summed E-state index contributed by atoms with van der Waals surface area (Å²) < 4.78 is 55.4. The second-order valence-electron chi connectivity index (χ2n) is 20.3. The van der Waals surface area contributed by atoms with Gasteiger partial charge in [0, 0.05) is 53.5 Å². The summed E-state index contributed by atoms with van der Waals surface area (Å²) >= 11 is 3.10. The average molecular weight is 1090 g/mol. The Balaban J connectivity index is 0.789. The number of amides is 4. The molecule has 2 saturated heterocycles. The van der Waals surface area contributed by atoms with Crippen LogP contribution in [0.3, 0.4) is 0 Å². The number of thiazole rings is 2. The normalized spacial score (nSPS) is 17.8. The molecule has 5 heterocycles. The maximum Gasteiger partial charge on any atom is 0.471 e. The molecule has 3 aromatic carbocycles. The number of aliphatic hydroxyl groups is 1. The maximum atomic E-state index is 14.2. The fourth-order valence-electron chi connectivity index (χ4n) is 9.33.